The number of aryl methyl sites for hydroxylation is 1. The molecule has 0 aliphatic carbocycles. The third-order valence-electron chi connectivity index (χ3n) is 11.7. The van der Waals surface area contributed by atoms with Crippen molar-refractivity contribution >= 4 is 105 Å². The Labute approximate surface area is 308 Å². The molecular formula is C47H39BN2OS. The zero-order valence-corrected chi connectivity index (χ0v) is 31.5. The lowest BCUT2D eigenvalue weighted by Gasteiger charge is -2.41. The van der Waals surface area contributed by atoms with Crippen LogP contribution in [0.1, 0.15) is 58.2 Å². The fourth-order valence-electron chi connectivity index (χ4n) is 9.22. The van der Waals surface area contributed by atoms with E-state index in [9.17, 15) is 0 Å². The molecule has 11 rings (SSSR count). The molecule has 5 heteroatoms. The van der Waals surface area contributed by atoms with E-state index in [1.54, 1.807) is 0 Å². The van der Waals surface area contributed by atoms with Gasteiger partial charge in [-0.15, -0.1) is 11.3 Å². The predicted octanol–water partition coefficient (Wildman–Crippen LogP) is 11.4. The number of fused-ring (bicyclic) bond motifs is 12. The molecule has 0 N–H and O–H groups in total. The highest BCUT2D eigenvalue weighted by molar-refractivity contribution is 7.26. The average Bonchev–Trinajstić information content (AvgIpc) is 3.78. The van der Waals surface area contributed by atoms with Crippen molar-refractivity contribution in [1.29, 1.82) is 0 Å². The molecule has 5 heterocycles. The first-order valence-electron chi connectivity index (χ1n) is 18.5. The molecule has 0 radical (unpaired) electrons. The normalized spacial score (nSPS) is 14.0. The molecular weight excluding hydrogens is 651 g/mol. The molecule has 2 aliphatic rings. The fraction of sp³-hybridized carbons (Fsp3) is 0.191. The smallest absolute Gasteiger partial charge is 0.252 e. The third-order valence-corrected chi connectivity index (χ3v) is 12.9. The van der Waals surface area contributed by atoms with E-state index in [-0.39, 0.29) is 17.5 Å². The van der Waals surface area contributed by atoms with Crippen molar-refractivity contribution < 1.29 is 4.42 Å². The number of para-hydroxylation sites is 1. The molecule has 0 spiro atoms. The topological polar surface area (TPSA) is 21.3 Å². The highest BCUT2D eigenvalue weighted by Gasteiger charge is 2.44. The Morgan fingerprint density at radius 2 is 1.31 bits per heavy atom. The second kappa shape index (κ2) is 9.99. The van der Waals surface area contributed by atoms with Crippen molar-refractivity contribution in [2.45, 2.75) is 59.3 Å². The maximum absolute atomic E-state index is 6.51. The highest BCUT2D eigenvalue weighted by atomic mass is 32.1. The van der Waals surface area contributed by atoms with Gasteiger partial charge in [0, 0.05) is 43.3 Å². The molecule has 0 fully saturated rings. The van der Waals surface area contributed by atoms with Crippen LogP contribution in [-0.2, 0) is 10.8 Å². The van der Waals surface area contributed by atoms with E-state index in [1.165, 1.54) is 81.3 Å². The molecule has 3 aromatic heterocycles. The van der Waals surface area contributed by atoms with Crippen LogP contribution in [0.4, 0.5) is 17.1 Å². The van der Waals surface area contributed by atoms with E-state index in [2.05, 4.69) is 167 Å². The van der Waals surface area contributed by atoms with Crippen LogP contribution >= 0.6 is 11.3 Å². The van der Waals surface area contributed by atoms with Crippen LogP contribution in [0.25, 0.3) is 58.8 Å². The van der Waals surface area contributed by atoms with Crippen LogP contribution in [0, 0.1) is 6.92 Å². The lowest BCUT2D eigenvalue weighted by molar-refractivity contribution is 0.590. The van der Waals surface area contributed by atoms with Gasteiger partial charge in [-0.1, -0.05) is 102 Å². The number of nitrogens with zero attached hydrogens (tertiary/aromatic N) is 2. The van der Waals surface area contributed by atoms with Gasteiger partial charge in [-0.25, -0.2) is 0 Å². The SMILES string of the molecule is Cc1cc2c3c(c1)-n1c4sc5ccccc5c4c4cc(C(C)(C)C)cc(c41)B3c1ccc(C(C)(C)C)cc1N2c1cccc2oc3ccccc3c12. The van der Waals surface area contributed by atoms with Crippen LogP contribution < -0.4 is 21.3 Å². The van der Waals surface area contributed by atoms with E-state index in [1.807, 2.05) is 11.3 Å². The second-order valence-corrected chi connectivity index (χ2v) is 18.1. The van der Waals surface area contributed by atoms with Gasteiger partial charge in [0.05, 0.1) is 16.6 Å². The summed E-state index contributed by atoms with van der Waals surface area (Å²) >= 11 is 1.93. The number of hydrogen-bond acceptors (Lipinski definition) is 3. The molecule has 9 aromatic rings. The van der Waals surface area contributed by atoms with Crippen molar-refractivity contribution in [2.75, 3.05) is 4.90 Å². The van der Waals surface area contributed by atoms with E-state index >= 15 is 0 Å². The molecule has 0 bridgehead atoms. The molecule has 0 amide bonds. The van der Waals surface area contributed by atoms with E-state index in [0.29, 0.717) is 0 Å². The number of thiophene rings is 1. The maximum atomic E-state index is 6.51. The summed E-state index contributed by atoms with van der Waals surface area (Å²) in [4.78, 5) is 3.90. The second-order valence-electron chi connectivity index (χ2n) is 17.1. The Balaban J connectivity index is 1.34. The summed E-state index contributed by atoms with van der Waals surface area (Å²) in [6.07, 6.45) is 0. The summed E-state index contributed by atoms with van der Waals surface area (Å²) < 4.78 is 10.5. The Morgan fingerprint density at radius 1 is 0.577 bits per heavy atom. The van der Waals surface area contributed by atoms with Crippen LogP contribution in [0.5, 0.6) is 0 Å². The van der Waals surface area contributed by atoms with Crippen molar-refractivity contribution in [3.63, 3.8) is 0 Å². The first-order valence-corrected chi connectivity index (χ1v) is 19.3. The predicted molar refractivity (Wildman–Crippen MR) is 225 cm³/mol. The summed E-state index contributed by atoms with van der Waals surface area (Å²) in [5.41, 5.74) is 16.2. The summed E-state index contributed by atoms with van der Waals surface area (Å²) in [5, 5.41) is 6.39. The lowest BCUT2D eigenvalue weighted by Crippen LogP contribution is -2.60. The van der Waals surface area contributed by atoms with E-state index in [0.717, 1.165) is 27.6 Å². The molecule has 0 saturated heterocycles. The first kappa shape index (κ1) is 30.4. The minimum Gasteiger partial charge on any atom is -0.456 e. The Bertz CT molecular complexity index is 3020. The molecule has 52 heavy (non-hydrogen) atoms. The minimum atomic E-state index is -0.0150. The molecule has 6 aromatic carbocycles. The quantitative estimate of drug-likeness (QED) is 0.160. The van der Waals surface area contributed by atoms with E-state index < -0.39 is 0 Å². The van der Waals surface area contributed by atoms with Crippen molar-refractivity contribution in [1.82, 2.24) is 4.57 Å². The van der Waals surface area contributed by atoms with Gasteiger partial charge in [0.1, 0.15) is 16.0 Å². The minimum absolute atomic E-state index is 0.0147. The van der Waals surface area contributed by atoms with Crippen molar-refractivity contribution in [3.8, 4) is 5.69 Å². The molecule has 0 unspecified atom stereocenters. The third kappa shape index (κ3) is 3.92. The summed E-state index contributed by atoms with van der Waals surface area (Å²) in [6.45, 7) is 16.4. The molecule has 2 aliphatic heterocycles. The molecule has 0 atom stereocenters. The summed E-state index contributed by atoms with van der Waals surface area (Å²) in [7, 11) is 0. The number of hydrogen-bond donors (Lipinski definition) is 0. The maximum Gasteiger partial charge on any atom is 0.252 e. The number of aromatic nitrogens is 1. The number of rotatable bonds is 1. The van der Waals surface area contributed by atoms with Crippen LogP contribution in [0.2, 0.25) is 0 Å². The number of furan rings is 1. The zero-order valence-electron chi connectivity index (χ0n) is 30.7. The average molecular weight is 691 g/mol. The van der Waals surface area contributed by atoms with Gasteiger partial charge in [-0.3, -0.25) is 0 Å². The standard InChI is InChI=1S/C47H39BN2OS/c1-26-21-36-43-37(22-26)50-44-31(41-30-14-9-11-18-40(30)52-45(41)50)23-28(47(5,6)7)24-33(44)48(43)32-20-19-27(46(2,3)4)25-35(32)49(36)34-15-12-17-39-42(34)29-13-8-10-16-38(29)51-39/h8-25H,1-7H3. The van der Waals surface area contributed by atoms with E-state index in [4.69, 9.17) is 4.42 Å². The molecule has 0 saturated carbocycles. The van der Waals surface area contributed by atoms with Crippen LogP contribution in [-0.4, -0.2) is 11.3 Å². The van der Waals surface area contributed by atoms with Gasteiger partial charge in [0.25, 0.3) is 6.71 Å². The molecule has 3 nitrogen and oxygen atoms in total. The largest absolute Gasteiger partial charge is 0.456 e. The van der Waals surface area contributed by atoms with Gasteiger partial charge < -0.3 is 13.9 Å². The monoisotopic (exact) mass is 690 g/mol. The van der Waals surface area contributed by atoms with Crippen LogP contribution in [0.15, 0.2) is 114 Å². The Hall–Kier alpha value is -5.26. The van der Waals surface area contributed by atoms with Gasteiger partial charge in [0.2, 0.25) is 0 Å². The Morgan fingerprint density at radius 3 is 2.12 bits per heavy atom. The highest BCUT2D eigenvalue weighted by Crippen LogP contribution is 2.49. The first-order chi connectivity index (χ1) is 25.0. The van der Waals surface area contributed by atoms with Gasteiger partial charge in [-0.2, -0.15) is 0 Å². The van der Waals surface area contributed by atoms with Gasteiger partial charge in [-0.05, 0) is 99.4 Å². The summed E-state index contributed by atoms with van der Waals surface area (Å²) in [6, 6.07) is 41.2. The zero-order chi connectivity index (χ0) is 35.4. The summed E-state index contributed by atoms with van der Waals surface area (Å²) in [5.74, 6) is 0. The molecule has 252 valence electrons. The van der Waals surface area contributed by atoms with Gasteiger partial charge in [0.15, 0.2) is 0 Å². The fourth-order valence-corrected chi connectivity index (χ4v) is 10.5. The Kier molecular flexibility index (Phi) is 5.84. The van der Waals surface area contributed by atoms with Gasteiger partial charge >= 0.3 is 0 Å². The number of benzene rings is 6. The number of anilines is 3. The van der Waals surface area contributed by atoms with Crippen LogP contribution in [0.3, 0.4) is 0 Å². The van der Waals surface area contributed by atoms with Crippen molar-refractivity contribution in [2.24, 2.45) is 0 Å². The van der Waals surface area contributed by atoms with Crippen molar-refractivity contribution in [3.05, 3.63) is 126 Å². The lowest BCUT2D eigenvalue weighted by atomic mass is 9.33.